The highest BCUT2D eigenvalue weighted by Gasteiger charge is 2.72. The lowest BCUT2D eigenvalue weighted by Gasteiger charge is -2.38. The van der Waals surface area contributed by atoms with E-state index in [-0.39, 0.29) is 22.9 Å². The number of amides is 3. The topological polar surface area (TPSA) is 87.7 Å². The van der Waals surface area contributed by atoms with Crippen molar-refractivity contribution >= 4 is 35.0 Å². The maximum Gasteiger partial charge on any atom is 0.246 e. The lowest BCUT2D eigenvalue weighted by molar-refractivity contribution is -0.141. The van der Waals surface area contributed by atoms with Gasteiger partial charge in [-0.3, -0.25) is 14.4 Å². The summed E-state index contributed by atoms with van der Waals surface area (Å²) in [6.45, 7) is 6.84. The van der Waals surface area contributed by atoms with Crippen LogP contribution in [-0.2, 0) is 19.1 Å². The Labute approximate surface area is 222 Å². The number of rotatable bonds is 7. The minimum absolute atomic E-state index is 0.0414. The number of carbonyl (C=O) groups is 3. The van der Waals surface area contributed by atoms with Crippen LogP contribution in [0, 0.1) is 29.5 Å². The van der Waals surface area contributed by atoms with Crippen molar-refractivity contribution in [3.63, 3.8) is 0 Å². The van der Waals surface area contributed by atoms with Gasteiger partial charge in [-0.2, -0.15) is 0 Å². The zero-order valence-corrected chi connectivity index (χ0v) is 22.3. The summed E-state index contributed by atoms with van der Waals surface area (Å²) in [7, 11) is 0. The van der Waals surface area contributed by atoms with Crippen LogP contribution in [0.2, 0.25) is 5.02 Å². The highest BCUT2D eigenvalue weighted by Crippen LogP contribution is 2.55. The summed E-state index contributed by atoms with van der Waals surface area (Å²) in [5.74, 6) is -2.22. The molecule has 0 unspecified atom stereocenters. The molecule has 9 heteroatoms. The summed E-state index contributed by atoms with van der Waals surface area (Å²) in [5.41, 5.74) is -0.855. The monoisotopic (exact) mass is 531 g/mol. The molecule has 200 valence electrons. The Hall–Kier alpha value is -2.45. The van der Waals surface area contributed by atoms with Crippen molar-refractivity contribution in [2.45, 2.75) is 76.7 Å². The molecular weight excluding hydrogens is 497 g/mol. The first-order chi connectivity index (χ1) is 17.7. The van der Waals surface area contributed by atoms with Gasteiger partial charge in [0.05, 0.1) is 23.0 Å². The number of benzene rings is 1. The summed E-state index contributed by atoms with van der Waals surface area (Å²) >= 11 is 5.88. The van der Waals surface area contributed by atoms with Gasteiger partial charge in [-0.25, -0.2) is 4.39 Å². The highest BCUT2D eigenvalue weighted by molar-refractivity contribution is 6.31. The van der Waals surface area contributed by atoms with Crippen molar-refractivity contribution in [3.8, 4) is 0 Å². The third-order valence-electron chi connectivity index (χ3n) is 8.90. The van der Waals surface area contributed by atoms with Crippen molar-refractivity contribution in [1.82, 2.24) is 10.2 Å². The molecule has 2 saturated heterocycles. The number of nitrogens with one attached hydrogen (secondary N) is 2. The predicted octanol–water partition coefficient (Wildman–Crippen LogP) is 4.31. The van der Waals surface area contributed by atoms with Gasteiger partial charge in [0.1, 0.15) is 17.5 Å². The molecule has 3 fully saturated rings. The molecule has 0 radical (unpaired) electrons. The summed E-state index contributed by atoms with van der Waals surface area (Å²) in [5, 5.41) is 5.92. The summed E-state index contributed by atoms with van der Waals surface area (Å²) in [6, 6.07) is 3.14. The van der Waals surface area contributed by atoms with Gasteiger partial charge in [0.25, 0.3) is 0 Å². The fourth-order valence-corrected chi connectivity index (χ4v) is 6.86. The Morgan fingerprint density at radius 2 is 2.03 bits per heavy atom. The van der Waals surface area contributed by atoms with Crippen molar-refractivity contribution < 1.29 is 23.5 Å². The van der Waals surface area contributed by atoms with Gasteiger partial charge in [-0.1, -0.05) is 63.8 Å². The Bertz CT molecular complexity index is 1130. The lowest BCUT2D eigenvalue weighted by Crippen LogP contribution is -2.58. The first kappa shape index (κ1) is 26.2. The molecule has 37 heavy (non-hydrogen) atoms. The van der Waals surface area contributed by atoms with E-state index < -0.39 is 41.3 Å². The van der Waals surface area contributed by atoms with Crippen molar-refractivity contribution in [2.24, 2.45) is 23.7 Å². The number of hydrogen-bond donors (Lipinski definition) is 2. The summed E-state index contributed by atoms with van der Waals surface area (Å²) < 4.78 is 20.0. The van der Waals surface area contributed by atoms with E-state index in [1.807, 2.05) is 13.0 Å². The number of likely N-dealkylation sites (tertiary alicyclic amines) is 1. The third-order valence-corrected chi connectivity index (χ3v) is 9.19. The van der Waals surface area contributed by atoms with Crippen molar-refractivity contribution in [1.29, 1.82) is 0 Å². The molecule has 1 spiro atoms. The smallest absolute Gasteiger partial charge is 0.246 e. The lowest BCUT2D eigenvalue weighted by atomic mass is 9.73. The van der Waals surface area contributed by atoms with Crippen LogP contribution in [0.25, 0.3) is 0 Å². The summed E-state index contributed by atoms with van der Waals surface area (Å²) in [4.78, 5) is 42.8. The quantitative estimate of drug-likeness (QED) is 0.513. The molecule has 5 rings (SSSR count). The van der Waals surface area contributed by atoms with Gasteiger partial charge in [0, 0.05) is 18.3 Å². The molecule has 3 amide bonds. The molecule has 1 aromatic carbocycles. The number of halogens is 2. The zero-order valence-electron chi connectivity index (χ0n) is 21.5. The number of unbranched alkanes of at least 4 members (excludes halogenated alkanes) is 1. The molecule has 0 aromatic heterocycles. The van der Waals surface area contributed by atoms with Crippen LogP contribution in [0.3, 0.4) is 0 Å². The molecule has 2 bridgehead atoms. The van der Waals surface area contributed by atoms with Gasteiger partial charge in [-0.05, 0) is 42.9 Å². The van der Waals surface area contributed by atoms with Gasteiger partial charge < -0.3 is 20.3 Å². The van der Waals surface area contributed by atoms with E-state index in [1.54, 1.807) is 11.0 Å². The Morgan fingerprint density at radius 1 is 1.24 bits per heavy atom. The summed E-state index contributed by atoms with van der Waals surface area (Å²) in [6.07, 6.45) is 7.71. The van der Waals surface area contributed by atoms with Gasteiger partial charge in [0.15, 0.2) is 0 Å². The number of anilines is 1. The second-order valence-electron chi connectivity index (χ2n) is 11.1. The standard InChI is InChI=1S/C28H35ClFN3O4/c1-4-5-13-33-24(26(35)32-20-8-6-7-15(2)16(20)3)28-12-11-21(37-28)22(23(28)27(33)36)25(34)31-17-9-10-19(30)18(29)14-17/h9-12,14-16,20-24H,4-8,13H2,1-3H3,(H,31,34)(H,32,35)/t15-,16+,20+,21+,22+,23+,24-,28-/m0/s1. The molecule has 1 aliphatic carbocycles. The Kier molecular flexibility index (Phi) is 7.09. The maximum atomic E-state index is 13.9. The Balaban J connectivity index is 1.42. The van der Waals surface area contributed by atoms with Crippen LogP contribution in [0.4, 0.5) is 10.1 Å². The van der Waals surface area contributed by atoms with E-state index in [1.165, 1.54) is 18.2 Å². The minimum Gasteiger partial charge on any atom is -0.359 e. The highest BCUT2D eigenvalue weighted by atomic mass is 35.5. The number of ether oxygens (including phenoxy) is 1. The fourth-order valence-electron chi connectivity index (χ4n) is 6.68. The van der Waals surface area contributed by atoms with Crippen LogP contribution in [0.5, 0.6) is 0 Å². The molecule has 3 aliphatic heterocycles. The van der Waals surface area contributed by atoms with Gasteiger partial charge >= 0.3 is 0 Å². The van der Waals surface area contributed by atoms with E-state index in [0.717, 1.165) is 32.1 Å². The normalized spacial score (nSPS) is 36.1. The molecule has 1 saturated carbocycles. The average Bonchev–Trinajstić information content (AvgIpc) is 3.50. The predicted molar refractivity (Wildman–Crippen MR) is 138 cm³/mol. The first-order valence-electron chi connectivity index (χ1n) is 13.4. The fraction of sp³-hybridized carbons (Fsp3) is 0.607. The van der Waals surface area contributed by atoms with Crippen LogP contribution >= 0.6 is 11.6 Å². The molecule has 2 N–H and O–H groups in total. The molecular formula is C28H35ClFN3O4. The second-order valence-corrected chi connectivity index (χ2v) is 11.5. The van der Waals surface area contributed by atoms with E-state index >= 15 is 0 Å². The molecule has 4 aliphatic rings. The van der Waals surface area contributed by atoms with E-state index in [2.05, 4.69) is 24.5 Å². The van der Waals surface area contributed by atoms with Gasteiger partial charge in [-0.15, -0.1) is 0 Å². The van der Waals surface area contributed by atoms with Crippen molar-refractivity contribution in [3.05, 3.63) is 41.2 Å². The SMILES string of the molecule is CCCCN1C(=O)[C@H]2[C@H](C(=O)Nc3ccc(F)c(Cl)c3)[C@H]3C=C[C@@]2(O3)[C@@H]1C(=O)N[C@@H]1CCC[C@H](C)[C@H]1C. The molecule has 7 nitrogen and oxygen atoms in total. The minimum atomic E-state index is -1.19. The third kappa shape index (κ3) is 4.36. The van der Waals surface area contributed by atoms with E-state index in [9.17, 15) is 18.8 Å². The largest absolute Gasteiger partial charge is 0.359 e. The van der Waals surface area contributed by atoms with Gasteiger partial charge in [0.2, 0.25) is 17.7 Å². The van der Waals surface area contributed by atoms with Crippen LogP contribution in [-0.4, -0.2) is 53.0 Å². The van der Waals surface area contributed by atoms with Crippen LogP contribution in [0.1, 0.15) is 52.9 Å². The number of hydrogen-bond acceptors (Lipinski definition) is 4. The number of fused-ring (bicyclic) bond motifs is 1. The second kappa shape index (κ2) is 10.0. The Morgan fingerprint density at radius 3 is 2.76 bits per heavy atom. The van der Waals surface area contributed by atoms with Crippen LogP contribution in [0.15, 0.2) is 30.4 Å². The number of carbonyl (C=O) groups excluding carboxylic acids is 3. The number of nitrogens with zero attached hydrogens (tertiary/aromatic N) is 1. The molecule has 8 atom stereocenters. The zero-order chi connectivity index (χ0) is 26.5. The van der Waals surface area contributed by atoms with E-state index in [0.29, 0.717) is 24.1 Å². The molecule has 1 aromatic rings. The first-order valence-corrected chi connectivity index (χ1v) is 13.8. The van der Waals surface area contributed by atoms with E-state index in [4.69, 9.17) is 16.3 Å². The maximum absolute atomic E-state index is 13.9. The van der Waals surface area contributed by atoms with Crippen molar-refractivity contribution in [2.75, 3.05) is 11.9 Å². The molecule has 3 heterocycles. The average molecular weight is 532 g/mol. The van der Waals surface area contributed by atoms with Crippen LogP contribution < -0.4 is 10.6 Å².